The lowest BCUT2D eigenvalue weighted by Crippen LogP contribution is -2.10. The monoisotopic (exact) mass is 421 g/mol. The predicted molar refractivity (Wildman–Crippen MR) is 132 cm³/mol. The minimum atomic E-state index is -0.911. The second kappa shape index (κ2) is 9.52. The highest BCUT2D eigenvalue weighted by Crippen LogP contribution is 2.36. The number of aromatic carboxylic acids is 1. The molecule has 1 N–H and O–H groups in total. The molecular weight excluding hydrogens is 394 g/mol. The molecule has 4 rings (SSSR count). The summed E-state index contributed by atoms with van der Waals surface area (Å²) in [4.78, 5) is 13.4. The van der Waals surface area contributed by atoms with Crippen LogP contribution in [0.25, 0.3) is 11.1 Å². The fraction of sp³-hybridized carbons (Fsp3) is 0.138. The van der Waals surface area contributed by atoms with Crippen LogP contribution in [0.5, 0.6) is 0 Å². The topological polar surface area (TPSA) is 40.5 Å². The molecule has 0 heterocycles. The van der Waals surface area contributed by atoms with Crippen LogP contribution in [0.15, 0.2) is 97.1 Å². The van der Waals surface area contributed by atoms with E-state index in [4.69, 9.17) is 5.11 Å². The van der Waals surface area contributed by atoms with Crippen LogP contribution in [0.1, 0.15) is 35.3 Å². The Hall–Kier alpha value is -3.85. The molecule has 0 saturated heterocycles. The molecule has 4 aromatic rings. The maximum absolute atomic E-state index is 11.1. The van der Waals surface area contributed by atoms with Gasteiger partial charge in [-0.15, -0.1) is 0 Å². The van der Waals surface area contributed by atoms with Crippen LogP contribution in [-0.2, 0) is 12.8 Å². The first kappa shape index (κ1) is 21.4. The Bertz CT molecular complexity index is 1130. The molecule has 0 atom stereocenters. The zero-order valence-electron chi connectivity index (χ0n) is 18.5. The summed E-state index contributed by atoms with van der Waals surface area (Å²) in [6.45, 7) is 4.33. The van der Waals surface area contributed by atoms with Crippen LogP contribution in [0, 0.1) is 0 Å². The third-order valence-corrected chi connectivity index (χ3v) is 5.80. The van der Waals surface area contributed by atoms with E-state index < -0.39 is 5.97 Å². The lowest BCUT2D eigenvalue weighted by molar-refractivity contribution is 0.0697. The fourth-order valence-electron chi connectivity index (χ4n) is 3.82. The van der Waals surface area contributed by atoms with Gasteiger partial charge in [0.2, 0.25) is 0 Å². The Morgan fingerprint density at radius 1 is 0.594 bits per heavy atom. The third kappa shape index (κ3) is 4.57. The van der Waals surface area contributed by atoms with Gasteiger partial charge in [0.05, 0.1) is 5.56 Å². The molecule has 3 nitrogen and oxygen atoms in total. The molecule has 0 aliphatic rings. The number of aryl methyl sites for hydroxylation is 2. The number of carboxylic acids is 1. The first-order valence-electron chi connectivity index (χ1n) is 11.0. The Morgan fingerprint density at radius 3 is 1.28 bits per heavy atom. The van der Waals surface area contributed by atoms with Crippen LogP contribution < -0.4 is 4.90 Å². The van der Waals surface area contributed by atoms with Crippen molar-refractivity contribution in [1.29, 1.82) is 0 Å². The summed E-state index contributed by atoms with van der Waals surface area (Å²) in [5.74, 6) is -0.911. The average Bonchev–Trinajstić information content (AvgIpc) is 2.85. The third-order valence-electron chi connectivity index (χ3n) is 5.80. The molecule has 160 valence electrons. The van der Waals surface area contributed by atoms with Crippen molar-refractivity contribution in [3.8, 4) is 11.1 Å². The van der Waals surface area contributed by atoms with Crippen molar-refractivity contribution in [2.75, 3.05) is 4.90 Å². The van der Waals surface area contributed by atoms with Crippen molar-refractivity contribution in [1.82, 2.24) is 0 Å². The van der Waals surface area contributed by atoms with E-state index in [0.29, 0.717) is 5.56 Å². The summed E-state index contributed by atoms with van der Waals surface area (Å²) in [7, 11) is 0. The summed E-state index contributed by atoms with van der Waals surface area (Å²) >= 11 is 0. The normalized spacial score (nSPS) is 10.7. The SMILES string of the molecule is CCc1ccc(N(c2ccc(CC)cc2)c2ccc(-c3ccc(C(=O)O)cc3)cc2)cc1. The summed E-state index contributed by atoms with van der Waals surface area (Å²) in [5, 5.41) is 9.12. The lowest BCUT2D eigenvalue weighted by atomic mass is 10.0. The van der Waals surface area contributed by atoms with Gasteiger partial charge in [-0.2, -0.15) is 0 Å². The number of nitrogens with zero attached hydrogens (tertiary/aromatic N) is 1. The maximum atomic E-state index is 11.1. The Kier molecular flexibility index (Phi) is 6.37. The van der Waals surface area contributed by atoms with Crippen molar-refractivity contribution in [2.45, 2.75) is 26.7 Å². The molecule has 0 radical (unpaired) electrons. The first-order chi connectivity index (χ1) is 15.6. The van der Waals surface area contributed by atoms with Crippen LogP contribution in [0.4, 0.5) is 17.1 Å². The highest BCUT2D eigenvalue weighted by atomic mass is 16.4. The zero-order valence-corrected chi connectivity index (χ0v) is 18.5. The highest BCUT2D eigenvalue weighted by molar-refractivity contribution is 5.88. The van der Waals surface area contributed by atoms with Gasteiger partial charge < -0.3 is 10.0 Å². The van der Waals surface area contributed by atoms with Crippen molar-refractivity contribution in [2.24, 2.45) is 0 Å². The van der Waals surface area contributed by atoms with Crippen molar-refractivity contribution in [3.63, 3.8) is 0 Å². The summed E-state index contributed by atoms with van der Waals surface area (Å²) < 4.78 is 0. The quantitative estimate of drug-likeness (QED) is 0.333. The second-order valence-corrected chi connectivity index (χ2v) is 7.80. The van der Waals surface area contributed by atoms with E-state index in [9.17, 15) is 4.79 Å². The van der Waals surface area contributed by atoms with Gasteiger partial charge in [0, 0.05) is 17.1 Å². The molecule has 0 aliphatic carbocycles. The molecule has 32 heavy (non-hydrogen) atoms. The molecule has 0 unspecified atom stereocenters. The highest BCUT2D eigenvalue weighted by Gasteiger charge is 2.13. The van der Waals surface area contributed by atoms with Crippen molar-refractivity contribution < 1.29 is 9.90 Å². The predicted octanol–water partition coefficient (Wildman–Crippen LogP) is 7.65. The Labute approximate surface area is 189 Å². The lowest BCUT2D eigenvalue weighted by Gasteiger charge is -2.26. The summed E-state index contributed by atoms with van der Waals surface area (Å²) in [6, 6.07) is 32.8. The molecule has 4 aromatic carbocycles. The largest absolute Gasteiger partial charge is 0.478 e. The molecule has 3 heteroatoms. The molecule has 0 aromatic heterocycles. The van der Waals surface area contributed by atoms with E-state index in [1.165, 1.54) is 11.1 Å². The van der Waals surface area contributed by atoms with Crippen molar-refractivity contribution in [3.05, 3.63) is 114 Å². The van der Waals surface area contributed by atoms with Crippen LogP contribution in [0.3, 0.4) is 0 Å². The Balaban J connectivity index is 1.70. The van der Waals surface area contributed by atoms with Gasteiger partial charge in [-0.05, 0) is 83.6 Å². The van der Waals surface area contributed by atoms with Gasteiger partial charge in [-0.25, -0.2) is 4.79 Å². The number of rotatable bonds is 7. The van der Waals surface area contributed by atoms with E-state index in [1.54, 1.807) is 12.1 Å². The number of anilines is 3. The number of hydrogen-bond acceptors (Lipinski definition) is 2. The summed E-state index contributed by atoms with van der Waals surface area (Å²) in [5.41, 5.74) is 8.27. The number of hydrogen-bond donors (Lipinski definition) is 1. The van der Waals surface area contributed by atoms with Crippen LogP contribution in [0.2, 0.25) is 0 Å². The molecular formula is C29H27NO2. The van der Waals surface area contributed by atoms with Crippen LogP contribution >= 0.6 is 0 Å². The molecule has 0 saturated carbocycles. The summed E-state index contributed by atoms with van der Waals surface area (Å²) in [6.07, 6.45) is 2.03. The average molecular weight is 422 g/mol. The minimum absolute atomic E-state index is 0.294. The molecule has 0 fully saturated rings. The number of carbonyl (C=O) groups is 1. The maximum Gasteiger partial charge on any atom is 0.335 e. The van der Waals surface area contributed by atoms with E-state index in [-0.39, 0.29) is 0 Å². The van der Waals surface area contributed by atoms with Gasteiger partial charge in [0.25, 0.3) is 0 Å². The van der Waals surface area contributed by atoms with Gasteiger partial charge in [-0.3, -0.25) is 0 Å². The van der Waals surface area contributed by atoms with Gasteiger partial charge in [-0.1, -0.05) is 62.4 Å². The fourth-order valence-corrected chi connectivity index (χ4v) is 3.82. The number of carboxylic acid groups (broad SMARTS) is 1. The van der Waals surface area contributed by atoms with E-state index in [2.05, 4.69) is 91.5 Å². The van der Waals surface area contributed by atoms with E-state index in [0.717, 1.165) is 41.0 Å². The smallest absolute Gasteiger partial charge is 0.335 e. The second-order valence-electron chi connectivity index (χ2n) is 7.80. The van der Waals surface area contributed by atoms with E-state index >= 15 is 0 Å². The molecule has 0 spiro atoms. The molecule has 0 amide bonds. The van der Waals surface area contributed by atoms with Crippen LogP contribution in [-0.4, -0.2) is 11.1 Å². The Morgan fingerprint density at radius 2 is 0.938 bits per heavy atom. The van der Waals surface area contributed by atoms with Gasteiger partial charge in [0.1, 0.15) is 0 Å². The first-order valence-corrected chi connectivity index (χ1v) is 11.0. The zero-order chi connectivity index (χ0) is 22.5. The van der Waals surface area contributed by atoms with Gasteiger partial charge >= 0.3 is 5.97 Å². The van der Waals surface area contributed by atoms with Gasteiger partial charge in [0.15, 0.2) is 0 Å². The number of benzene rings is 4. The standard InChI is InChI=1S/C29H27NO2/c1-3-21-5-15-26(16-6-21)30(27-17-7-22(4-2)8-18-27)28-19-13-24(14-20-28)23-9-11-25(12-10-23)29(31)32/h5-20H,3-4H2,1-2H3,(H,31,32). The van der Waals surface area contributed by atoms with Crippen molar-refractivity contribution >= 4 is 23.0 Å². The van der Waals surface area contributed by atoms with E-state index in [1.807, 2.05) is 12.1 Å². The molecule has 0 bridgehead atoms. The molecule has 0 aliphatic heterocycles. The minimum Gasteiger partial charge on any atom is -0.478 e.